The van der Waals surface area contributed by atoms with E-state index in [1.165, 1.54) is 12.1 Å². The van der Waals surface area contributed by atoms with Crippen molar-refractivity contribution >= 4 is 17.6 Å². The van der Waals surface area contributed by atoms with E-state index >= 15 is 0 Å². The van der Waals surface area contributed by atoms with E-state index in [1.54, 1.807) is 13.0 Å². The molecule has 0 heterocycles. The highest BCUT2D eigenvalue weighted by molar-refractivity contribution is 5.95. The van der Waals surface area contributed by atoms with Gasteiger partial charge in [0.15, 0.2) is 0 Å². The molecule has 0 saturated carbocycles. The normalized spacial score (nSPS) is 11.9. The molecule has 4 N–H and O–H groups in total. The van der Waals surface area contributed by atoms with E-state index in [0.717, 1.165) is 5.56 Å². The monoisotopic (exact) mass is 254 g/mol. The molecule has 1 rings (SSSR count). The molecule has 0 bridgehead atoms. The summed E-state index contributed by atoms with van der Waals surface area (Å²) in [6.07, 6.45) is -0.195. The number of amides is 1. The Labute approximate surface area is 104 Å². The Bertz CT molecular complexity index is 463. The van der Waals surface area contributed by atoms with Gasteiger partial charge in [-0.1, -0.05) is 6.07 Å². The predicted molar refractivity (Wildman–Crippen MR) is 64.6 cm³/mol. The van der Waals surface area contributed by atoms with Gasteiger partial charge in [-0.3, -0.25) is 9.59 Å². The molecular formula is C12H15FN2O3. The number of hydrogen-bond acceptors (Lipinski definition) is 3. The summed E-state index contributed by atoms with van der Waals surface area (Å²) in [7, 11) is 0. The molecule has 0 aliphatic rings. The van der Waals surface area contributed by atoms with Crippen molar-refractivity contribution in [2.75, 3.05) is 5.32 Å². The highest BCUT2D eigenvalue weighted by Gasteiger charge is 2.16. The Morgan fingerprint density at radius 3 is 2.78 bits per heavy atom. The lowest BCUT2D eigenvalue weighted by Gasteiger charge is -2.12. The largest absolute Gasteiger partial charge is 0.481 e. The number of carboxylic acid groups (broad SMARTS) is 1. The minimum atomic E-state index is -1.03. The van der Waals surface area contributed by atoms with Crippen LogP contribution in [0.3, 0.4) is 0 Å². The van der Waals surface area contributed by atoms with Gasteiger partial charge in [0, 0.05) is 6.42 Å². The fourth-order valence-electron chi connectivity index (χ4n) is 1.37. The molecule has 0 radical (unpaired) electrons. The van der Waals surface area contributed by atoms with Crippen LogP contribution >= 0.6 is 0 Å². The second-order valence-electron chi connectivity index (χ2n) is 4.01. The summed E-state index contributed by atoms with van der Waals surface area (Å²) in [5.74, 6) is -2.18. The van der Waals surface area contributed by atoms with Gasteiger partial charge in [0.05, 0.1) is 11.7 Å². The zero-order chi connectivity index (χ0) is 13.7. The number of halogens is 1. The molecule has 6 heteroatoms. The fourth-order valence-corrected chi connectivity index (χ4v) is 1.37. The Balaban J connectivity index is 2.63. The number of aryl methyl sites for hydroxylation is 1. The molecule has 1 aromatic carbocycles. The van der Waals surface area contributed by atoms with Gasteiger partial charge in [-0.2, -0.15) is 0 Å². The quantitative estimate of drug-likeness (QED) is 0.737. The number of hydrogen-bond donors (Lipinski definition) is 3. The maximum absolute atomic E-state index is 13.4. The van der Waals surface area contributed by atoms with Gasteiger partial charge in [0.25, 0.3) is 0 Å². The number of nitrogens with two attached hydrogens (primary N) is 1. The topological polar surface area (TPSA) is 92.4 Å². The molecule has 0 aromatic heterocycles. The molecule has 0 aliphatic heterocycles. The molecule has 98 valence electrons. The standard InChI is InChI=1S/C12H15FN2O3/c1-7-2-3-8(13)10(6-7)15-12(18)9(14)4-5-11(16)17/h2-3,6,9H,4-5,14H2,1H3,(H,15,18)(H,16,17). The molecule has 0 aliphatic carbocycles. The van der Waals surface area contributed by atoms with Crippen LogP contribution in [0.1, 0.15) is 18.4 Å². The summed E-state index contributed by atoms with van der Waals surface area (Å²) in [5, 5.41) is 10.8. The predicted octanol–water partition coefficient (Wildman–Crippen LogP) is 1.26. The van der Waals surface area contributed by atoms with E-state index in [0.29, 0.717) is 0 Å². The Kier molecular flexibility index (Phi) is 4.79. The van der Waals surface area contributed by atoms with Crippen LogP contribution in [0.25, 0.3) is 0 Å². The number of nitrogens with one attached hydrogen (secondary N) is 1. The molecule has 0 saturated heterocycles. The molecule has 0 spiro atoms. The van der Waals surface area contributed by atoms with Gasteiger partial charge in [0.1, 0.15) is 5.82 Å². The molecule has 0 fully saturated rings. The minimum Gasteiger partial charge on any atom is -0.481 e. The Morgan fingerprint density at radius 2 is 2.17 bits per heavy atom. The van der Waals surface area contributed by atoms with E-state index in [2.05, 4.69) is 5.32 Å². The minimum absolute atomic E-state index is 0.00853. The van der Waals surface area contributed by atoms with Crippen molar-refractivity contribution < 1.29 is 19.1 Å². The zero-order valence-corrected chi connectivity index (χ0v) is 9.94. The first kappa shape index (κ1) is 14.1. The first-order chi connectivity index (χ1) is 8.40. The van der Waals surface area contributed by atoms with E-state index in [-0.39, 0.29) is 18.5 Å². The third-order valence-electron chi connectivity index (χ3n) is 2.39. The van der Waals surface area contributed by atoms with Gasteiger partial charge < -0.3 is 16.2 Å². The number of benzene rings is 1. The maximum Gasteiger partial charge on any atom is 0.303 e. The van der Waals surface area contributed by atoms with Crippen LogP contribution in [0.5, 0.6) is 0 Å². The van der Waals surface area contributed by atoms with Crippen molar-refractivity contribution in [3.63, 3.8) is 0 Å². The summed E-state index contributed by atoms with van der Waals surface area (Å²) in [4.78, 5) is 21.9. The number of anilines is 1. The number of carbonyl (C=O) groups excluding carboxylic acids is 1. The summed E-state index contributed by atoms with van der Waals surface area (Å²) in [6.45, 7) is 1.76. The fraction of sp³-hybridized carbons (Fsp3) is 0.333. The first-order valence-electron chi connectivity index (χ1n) is 5.44. The van der Waals surface area contributed by atoms with Crippen molar-refractivity contribution in [3.8, 4) is 0 Å². The Morgan fingerprint density at radius 1 is 1.50 bits per heavy atom. The van der Waals surface area contributed by atoms with Crippen molar-refractivity contribution in [1.29, 1.82) is 0 Å². The van der Waals surface area contributed by atoms with E-state index in [4.69, 9.17) is 10.8 Å². The SMILES string of the molecule is Cc1ccc(F)c(NC(=O)C(N)CCC(=O)O)c1. The van der Waals surface area contributed by atoms with E-state index in [9.17, 15) is 14.0 Å². The van der Waals surface area contributed by atoms with Gasteiger partial charge in [-0.25, -0.2) is 4.39 Å². The van der Waals surface area contributed by atoms with Crippen molar-refractivity contribution in [1.82, 2.24) is 0 Å². The molecular weight excluding hydrogens is 239 g/mol. The molecule has 1 unspecified atom stereocenters. The molecule has 1 amide bonds. The van der Waals surface area contributed by atoms with E-state index < -0.39 is 23.7 Å². The Hall–Kier alpha value is -1.95. The summed E-state index contributed by atoms with van der Waals surface area (Å²) in [5.41, 5.74) is 6.35. The second kappa shape index (κ2) is 6.11. The second-order valence-corrected chi connectivity index (χ2v) is 4.01. The smallest absolute Gasteiger partial charge is 0.303 e. The highest BCUT2D eigenvalue weighted by Crippen LogP contribution is 2.16. The van der Waals surface area contributed by atoms with Crippen LogP contribution in [0, 0.1) is 12.7 Å². The van der Waals surface area contributed by atoms with Crippen LogP contribution in [0.15, 0.2) is 18.2 Å². The summed E-state index contributed by atoms with van der Waals surface area (Å²) in [6, 6.07) is 3.33. The number of rotatable bonds is 5. The van der Waals surface area contributed by atoms with Crippen LogP contribution in [-0.4, -0.2) is 23.0 Å². The maximum atomic E-state index is 13.4. The van der Waals surface area contributed by atoms with Crippen LogP contribution in [0.4, 0.5) is 10.1 Å². The lowest BCUT2D eigenvalue weighted by atomic mass is 10.1. The third-order valence-corrected chi connectivity index (χ3v) is 2.39. The van der Waals surface area contributed by atoms with Crippen LogP contribution in [-0.2, 0) is 9.59 Å². The van der Waals surface area contributed by atoms with Crippen molar-refractivity contribution in [2.24, 2.45) is 5.73 Å². The van der Waals surface area contributed by atoms with Gasteiger partial charge in [0.2, 0.25) is 5.91 Å². The van der Waals surface area contributed by atoms with E-state index in [1.807, 2.05) is 0 Å². The van der Waals surface area contributed by atoms with Gasteiger partial charge in [-0.05, 0) is 31.0 Å². The number of carbonyl (C=O) groups is 2. The third kappa shape index (κ3) is 4.14. The average molecular weight is 254 g/mol. The number of aliphatic carboxylic acids is 1. The molecule has 5 nitrogen and oxygen atoms in total. The van der Waals surface area contributed by atoms with Gasteiger partial charge >= 0.3 is 5.97 Å². The summed E-state index contributed by atoms with van der Waals surface area (Å²) < 4.78 is 13.4. The molecule has 1 aromatic rings. The molecule has 18 heavy (non-hydrogen) atoms. The molecule has 1 atom stereocenters. The van der Waals surface area contributed by atoms with Gasteiger partial charge in [-0.15, -0.1) is 0 Å². The summed E-state index contributed by atoms with van der Waals surface area (Å²) >= 11 is 0. The van der Waals surface area contributed by atoms with Crippen molar-refractivity contribution in [3.05, 3.63) is 29.6 Å². The highest BCUT2D eigenvalue weighted by atomic mass is 19.1. The number of carboxylic acids is 1. The lowest BCUT2D eigenvalue weighted by Crippen LogP contribution is -2.36. The lowest BCUT2D eigenvalue weighted by molar-refractivity contribution is -0.137. The van der Waals surface area contributed by atoms with Crippen molar-refractivity contribution in [2.45, 2.75) is 25.8 Å². The van der Waals surface area contributed by atoms with Crippen LogP contribution < -0.4 is 11.1 Å². The zero-order valence-electron chi connectivity index (χ0n) is 9.94. The van der Waals surface area contributed by atoms with Crippen LogP contribution in [0.2, 0.25) is 0 Å². The average Bonchev–Trinajstić information content (AvgIpc) is 2.30. The first-order valence-corrected chi connectivity index (χ1v) is 5.44.